The third-order valence-electron chi connectivity index (χ3n) is 4.22. The fourth-order valence-corrected chi connectivity index (χ4v) is 3.33. The average molecular weight is 327 g/mol. The SMILES string of the molecule is COc1ccc2c(c1)COc1c-2cc2ccc(OC)cc2c1Cl. The maximum Gasteiger partial charge on any atom is 0.146 e. The van der Waals surface area contributed by atoms with Crippen LogP contribution in [-0.2, 0) is 6.61 Å². The van der Waals surface area contributed by atoms with E-state index in [0.29, 0.717) is 11.6 Å². The van der Waals surface area contributed by atoms with Crippen molar-refractivity contribution in [3.8, 4) is 28.4 Å². The molecule has 3 nitrogen and oxygen atoms in total. The largest absolute Gasteiger partial charge is 0.497 e. The number of ether oxygens (including phenoxy) is 3. The van der Waals surface area contributed by atoms with Crippen molar-refractivity contribution in [1.29, 1.82) is 0 Å². The van der Waals surface area contributed by atoms with Crippen molar-refractivity contribution >= 4 is 22.4 Å². The summed E-state index contributed by atoms with van der Waals surface area (Å²) in [6.45, 7) is 0.481. The molecule has 0 unspecified atom stereocenters. The van der Waals surface area contributed by atoms with Gasteiger partial charge in [0.15, 0.2) is 0 Å². The summed E-state index contributed by atoms with van der Waals surface area (Å²) in [6, 6.07) is 14.0. The second-order valence-electron chi connectivity index (χ2n) is 5.47. The molecule has 3 aromatic carbocycles. The molecule has 0 fully saturated rings. The van der Waals surface area contributed by atoms with Gasteiger partial charge < -0.3 is 14.2 Å². The highest BCUT2D eigenvalue weighted by Gasteiger charge is 2.22. The first kappa shape index (κ1) is 14.2. The van der Waals surface area contributed by atoms with Crippen molar-refractivity contribution in [2.45, 2.75) is 6.61 Å². The minimum atomic E-state index is 0.481. The van der Waals surface area contributed by atoms with Crippen LogP contribution in [0.1, 0.15) is 5.56 Å². The molecule has 4 rings (SSSR count). The third kappa shape index (κ3) is 2.20. The van der Waals surface area contributed by atoms with E-state index < -0.39 is 0 Å². The number of rotatable bonds is 2. The molecule has 0 saturated heterocycles. The molecule has 0 radical (unpaired) electrons. The molecule has 0 bridgehead atoms. The van der Waals surface area contributed by atoms with E-state index in [1.54, 1.807) is 14.2 Å². The highest BCUT2D eigenvalue weighted by molar-refractivity contribution is 6.37. The molecular formula is C19H15ClO3. The van der Waals surface area contributed by atoms with Gasteiger partial charge in [0, 0.05) is 16.5 Å². The van der Waals surface area contributed by atoms with Crippen molar-refractivity contribution in [3.63, 3.8) is 0 Å². The van der Waals surface area contributed by atoms with E-state index >= 15 is 0 Å². The fourth-order valence-electron chi connectivity index (χ4n) is 3.01. The fraction of sp³-hybridized carbons (Fsp3) is 0.158. The number of hydrogen-bond acceptors (Lipinski definition) is 3. The van der Waals surface area contributed by atoms with Crippen LogP contribution in [0, 0.1) is 0 Å². The standard InChI is InChI=1S/C19H15ClO3/c1-21-13-5-6-15-12(7-13)10-23-19-17(15)8-11-3-4-14(22-2)9-16(11)18(19)20/h3-9H,10H2,1-2H3. The summed E-state index contributed by atoms with van der Waals surface area (Å²) >= 11 is 6.61. The molecule has 0 aromatic heterocycles. The first-order chi connectivity index (χ1) is 11.2. The second-order valence-corrected chi connectivity index (χ2v) is 5.84. The van der Waals surface area contributed by atoms with E-state index in [-0.39, 0.29) is 0 Å². The lowest BCUT2D eigenvalue weighted by Crippen LogP contribution is -2.06. The Kier molecular flexibility index (Phi) is 3.31. The predicted octanol–water partition coefficient (Wildman–Crippen LogP) is 5.07. The van der Waals surface area contributed by atoms with Crippen molar-refractivity contribution < 1.29 is 14.2 Å². The van der Waals surface area contributed by atoms with Crippen molar-refractivity contribution in [3.05, 3.63) is 53.1 Å². The zero-order valence-corrected chi connectivity index (χ0v) is 13.6. The van der Waals surface area contributed by atoms with Gasteiger partial charge in [-0.15, -0.1) is 0 Å². The minimum Gasteiger partial charge on any atom is -0.497 e. The van der Waals surface area contributed by atoms with Crippen LogP contribution in [0.3, 0.4) is 0 Å². The number of methoxy groups -OCH3 is 2. The van der Waals surface area contributed by atoms with E-state index in [1.807, 2.05) is 30.3 Å². The van der Waals surface area contributed by atoms with Gasteiger partial charge in [-0.1, -0.05) is 23.7 Å². The summed E-state index contributed by atoms with van der Waals surface area (Å²) in [4.78, 5) is 0. The summed E-state index contributed by atoms with van der Waals surface area (Å²) in [5.74, 6) is 2.33. The summed E-state index contributed by atoms with van der Waals surface area (Å²) in [5, 5.41) is 2.61. The third-order valence-corrected chi connectivity index (χ3v) is 4.59. The molecule has 0 N–H and O–H groups in total. The lowest BCUT2D eigenvalue weighted by Gasteiger charge is -2.23. The first-order valence-electron chi connectivity index (χ1n) is 7.31. The predicted molar refractivity (Wildman–Crippen MR) is 91.8 cm³/mol. The average Bonchev–Trinajstić information content (AvgIpc) is 2.61. The van der Waals surface area contributed by atoms with Crippen LogP contribution in [0.5, 0.6) is 17.2 Å². The second kappa shape index (κ2) is 5.36. The number of fused-ring (bicyclic) bond motifs is 4. The van der Waals surface area contributed by atoms with Crippen LogP contribution >= 0.6 is 11.6 Å². The number of hydrogen-bond donors (Lipinski definition) is 0. The van der Waals surface area contributed by atoms with Crippen LogP contribution in [-0.4, -0.2) is 14.2 Å². The Morgan fingerprint density at radius 3 is 2.43 bits per heavy atom. The Balaban J connectivity index is 1.97. The van der Waals surface area contributed by atoms with Crippen LogP contribution in [0.2, 0.25) is 5.02 Å². The number of halogens is 1. The number of benzene rings is 3. The summed E-state index contributed by atoms with van der Waals surface area (Å²) < 4.78 is 16.5. The Morgan fingerprint density at radius 2 is 1.65 bits per heavy atom. The molecule has 1 heterocycles. The summed E-state index contributed by atoms with van der Waals surface area (Å²) in [5.41, 5.74) is 3.24. The Hall–Kier alpha value is -2.39. The lowest BCUT2D eigenvalue weighted by molar-refractivity contribution is 0.302. The van der Waals surface area contributed by atoms with Crippen LogP contribution in [0.4, 0.5) is 0 Å². The van der Waals surface area contributed by atoms with Crippen LogP contribution in [0.25, 0.3) is 21.9 Å². The topological polar surface area (TPSA) is 27.7 Å². The summed E-state index contributed by atoms with van der Waals surface area (Å²) in [6.07, 6.45) is 0. The van der Waals surface area contributed by atoms with Gasteiger partial charge in [-0.25, -0.2) is 0 Å². The quantitative estimate of drug-likeness (QED) is 0.658. The monoisotopic (exact) mass is 326 g/mol. The lowest BCUT2D eigenvalue weighted by atomic mass is 9.94. The first-order valence-corrected chi connectivity index (χ1v) is 7.69. The van der Waals surface area contributed by atoms with Gasteiger partial charge in [0.05, 0.1) is 19.2 Å². The normalized spacial score (nSPS) is 12.3. The molecule has 3 aromatic rings. The van der Waals surface area contributed by atoms with Gasteiger partial charge >= 0.3 is 0 Å². The van der Waals surface area contributed by atoms with E-state index in [4.69, 9.17) is 25.8 Å². The van der Waals surface area contributed by atoms with Gasteiger partial charge in [0.1, 0.15) is 23.9 Å². The minimum absolute atomic E-state index is 0.481. The molecule has 1 aliphatic heterocycles. The zero-order chi connectivity index (χ0) is 16.0. The molecule has 0 saturated carbocycles. The molecule has 116 valence electrons. The van der Waals surface area contributed by atoms with Gasteiger partial charge in [-0.05, 0) is 41.3 Å². The molecule has 0 spiro atoms. The van der Waals surface area contributed by atoms with Gasteiger partial charge in [-0.2, -0.15) is 0 Å². The highest BCUT2D eigenvalue weighted by Crippen LogP contribution is 2.46. The Labute approximate surface area is 139 Å². The molecular weight excluding hydrogens is 312 g/mol. The van der Waals surface area contributed by atoms with Crippen LogP contribution in [0.15, 0.2) is 42.5 Å². The van der Waals surface area contributed by atoms with E-state index in [2.05, 4.69) is 12.1 Å². The maximum atomic E-state index is 6.61. The molecule has 4 heteroatoms. The zero-order valence-electron chi connectivity index (χ0n) is 12.9. The van der Waals surface area contributed by atoms with E-state index in [9.17, 15) is 0 Å². The smallest absolute Gasteiger partial charge is 0.146 e. The molecule has 23 heavy (non-hydrogen) atoms. The summed E-state index contributed by atoms with van der Waals surface area (Å²) in [7, 11) is 3.31. The maximum absolute atomic E-state index is 6.61. The highest BCUT2D eigenvalue weighted by atomic mass is 35.5. The molecule has 0 amide bonds. The van der Waals surface area contributed by atoms with Crippen molar-refractivity contribution in [2.24, 2.45) is 0 Å². The van der Waals surface area contributed by atoms with Gasteiger partial charge in [-0.3, -0.25) is 0 Å². The Morgan fingerprint density at radius 1 is 0.913 bits per heavy atom. The Bertz CT molecular complexity index is 918. The molecule has 0 aliphatic carbocycles. The van der Waals surface area contributed by atoms with Crippen molar-refractivity contribution in [1.82, 2.24) is 0 Å². The molecule has 1 aliphatic rings. The van der Waals surface area contributed by atoms with E-state index in [1.165, 1.54) is 0 Å². The van der Waals surface area contributed by atoms with Crippen molar-refractivity contribution in [2.75, 3.05) is 14.2 Å². The molecule has 0 atom stereocenters. The van der Waals surface area contributed by atoms with Gasteiger partial charge in [0.2, 0.25) is 0 Å². The van der Waals surface area contributed by atoms with E-state index in [0.717, 1.165) is 44.7 Å². The van der Waals surface area contributed by atoms with Gasteiger partial charge in [0.25, 0.3) is 0 Å². The van der Waals surface area contributed by atoms with Crippen LogP contribution < -0.4 is 14.2 Å².